The fraction of sp³-hybridized carbons (Fsp3) is 0.719. The van der Waals surface area contributed by atoms with Gasteiger partial charge in [-0.2, -0.15) is 0 Å². The van der Waals surface area contributed by atoms with Gasteiger partial charge >= 0.3 is 5.97 Å². The number of nitrogens with one attached hydrogen (secondary N) is 1. The number of hydrogen-bond donors (Lipinski definition) is 3. The fourth-order valence-corrected chi connectivity index (χ4v) is 7.50. The van der Waals surface area contributed by atoms with E-state index in [1.54, 1.807) is 0 Å². The molecule has 0 spiro atoms. The number of rotatable bonds is 46. The maximum atomic E-state index is 13.2. The zero-order valence-electron chi connectivity index (χ0n) is 41.2. The first kappa shape index (κ1) is 60.0. The first-order valence-electron chi connectivity index (χ1n) is 26.3. The number of aliphatic hydroxyl groups excluding tert-OH is 2. The molecular formula is C57H99NO5. The van der Waals surface area contributed by atoms with Gasteiger partial charge in [0.2, 0.25) is 5.91 Å². The number of aliphatic hydroxyl groups is 2. The number of esters is 1. The minimum absolute atomic E-state index is 0.0104. The number of amides is 1. The van der Waals surface area contributed by atoms with Gasteiger partial charge in [-0.05, 0) is 70.6 Å². The van der Waals surface area contributed by atoms with Crippen LogP contribution in [0.4, 0.5) is 0 Å². The molecule has 0 radical (unpaired) electrons. The van der Waals surface area contributed by atoms with Crippen LogP contribution in [-0.2, 0) is 14.3 Å². The summed E-state index contributed by atoms with van der Waals surface area (Å²) in [5.41, 5.74) is 0. The largest absolute Gasteiger partial charge is 0.461 e. The van der Waals surface area contributed by atoms with E-state index in [4.69, 9.17) is 4.74 Å². The molecule has 0 saturated heterocycles. The summed E-state index contributed by atoms with van der Waals surface area (Å²) < 4.78 is 5.87. The molecule has 1 amide bonds. The lowest BCUT2D eigenvalue weighted by Crippen LogP contribution is -2.46. The van der Waals surface area contributed by atoms with Crippen molar-refractivity contribution in [1.82, 2.24) is 5.32 Å². The molecule has 0 aromatic rings. The highest BCUT2D eigenvalue weighted by Crippen LogP contribution is 2.16. The zero-order chi connectivity index (χ0) is 45.9. The van der Waals surface area contributed by atoms with Crippen LogP contribution in [0.2, 0.25) is 0 Å². The molecule has 3 N–H and O–H groups in total. The maximum Gasteiger partial charge on any atom is 0.306 e. The monoisotopic (exact) mass is 878 g/mol. The Morgan fingerprint density at radius 1 is 0.508 bits per heavy atom. The lowest BCUT2D eigenvalue weighted by molar-refractivity contribution is -0.150. The number of allylic oxidation sites excluding steroid dienone is 13. The van der Waals surface area contributed by atoms with Crippen molar-refractivity contribution in [3.8, 4) is 0 Å². The molecule has 0 aliphatic carbocycles. The van der Waals surface area contributed by atoms with Crippen LogP contribution < -0.4 is 5.32 Å². The van der Waals surface area contributed by atoms with Crippen LogP contribution in [0.5, 0.6) is 0 Å². The number of ether oxygens (including phenoxy) is 1. The summed E-state index contributed by atoms with van der Waals surface area (Å²) >= 11 is 0. The average molecular weight is 878 g/mol. The Balaban J connectivity index is 4.74. The van der Waals surface area contributed by atoms with Gasteiger partial charge in [-0.25, -0.2) is 0 Å². The SMILES string of the molecule is CC/C=C\C/C=C\C/C=C\C/C=C\C/C=C\CC(CC(=O)NC(CO)C(O)CCCCCCCCCCCCC)OC(=O)CCCCCCC/C=C/C=C/CCCCCCCCC. The summed E-state index contributed by atoms with van der Waals surface area (Å²) in [7, 11) is 0. The van der Waals surface area contributed by atoms with Crippen molar-refractivity contribution >= 4 is 11.9 Å². The predicted octanol–water partition coefficient (Wildman–Crippen LogP) is 16.0. The minimum atomic E-state index is -0.818. The van der Waals surface area contributed by atoms with Gasteiger partial charge in [0.05, 0.1) is 25.2 Å². The van der Waals surface area contributed by atoms with E-state index in [0.717, 1.165) is 89.9 Å². The van der Waals surface area contributed by atoms with E-state index in [9.17, 15) is 19.8 Å². The molecular weight excluding hydrogens is 779 g/mol. The minimum Gasteiger partial charge on any atom is -0.461 e. The van der Waals surface area contributed by atoms with Crippen LogP contribution in [0, 0.1) is 0 Å². The van der Waals surface area contributed by atoms with Crippen LogP contribution in [-0.4, -0.2) is 46.9 Å². The van der Waals surface area contributed by atoms with E-state index in [0.29, 0.717) is 19.3 Å². The first-order valence-corrected chi connectivity index (χ1v) is 26.3. The second-order valence-electron chi connectivity index (χ2n) is 17.6. The van der Waals surface area contributed by atoms with Gasteiger partial charge in [-0.3, -0.25) is 9.59 Å². The highest BCUT2D eigenvalue weighted by Gasteiger charge is 2.23. The molecule has 0 heterocycles. The Hall–Kier alpha value is -2.96. The highest BCUT2D eigenvalue weighted by molar-refractivity contribution is 5.77. The summed E-state index contributed by atoms with van der Waals surface area (Å²) in [5.74, 6) is -0.600. The number of unbranched alkanes of at least 4 members (excludes halogenated alkanes) is 22. The molecule has 0 bridgehead atoms. The van der Waals surface area contributed by atoms with Gasteiger partial charge in [-0.15, -0.1) is 0 Å². The van der Waals surface area contributed by atoms with Gasteiger partial charge < -0.3 is 20.3 Å². The lowest BCUT2D eigenvalue weighted by Gasteiger charge is -2.24. The van der Waals surface area contributed by atoms with Crippen LogP contribution in [0.25, 0.3) is 0 Å². The molecule has 362 valence electrons. The quantitative estimate of drug-likeness (QED) is 0.0245. The zero-order valence-corrected chi connectivity index (χ0v) is 41.2. The molecule has 0 aromatic carbocycles. The molecule has 63 heavy (non-hydrogen) atoms. The van der Waals surface area contributed by atoms with Crippen molar-refractivity contribution in [3.05, 3.63) is 85.1 Å². The molecule has 0 rings (SSSR count). The Bertz CT molecular complexity index is 1210. The van der Waals surface area contributed by atoms with E-state index in [-0.39, 0.29) is 24.9 Å². The summed E-state index contributed by atoms with van der Waals surface area (Å²) in [6.45, 7) is 6.32. The predicted molar refractivity (Wildman–Crippen MR) is 273 cm³/mol. The standard InChI is InChI=1S/C57H99NO5/c1-4-7-10-13-16-19-22-24-26-27-28-30-32-35-38-41-44-47-50-57(62)63-53(48-45-42-39-36-34-31-29-25-23-20-17-14-11-8-5-2)51-56(61)58-54(52-59)55(60)49-46-43-40-37-33-21-18-15-12-9-6-3/h8,11,17,20,25-30,34,36,42,45,53-55,59-60H,4-7,9-10,12-16,18-19,21-24,31-33,35,37-41,43-44,46-52H2,1-3H3,(H,58,61)/b11-8-,20-17-,27-26+,29-25-,30-28+,36-34-,45-42-. The topological polar surface area (TPSA) is 95.9 Å². The van der Waals surface area contributed by atoms with Crippen molar-refractivity contribution < 1.29 is 24.5 Å². The first-order chi connectivity index (χ1) is 31.0. The van der Waals surface area contributed by atoms with E-state index >= 15 is 0 Å². The summed E-state index contributed by atoms with van der Waals surface area (Å²) in [6, 6.07) is -0.739. The molecule has 6 nitrogen and oxygen atoms in total. The number of carbonyl (C=O) groups excluding carboxylic acids is 2. The van der Waals surface area contributed by atoms with Gasteiger partial charge in [0, 0.05) is 12.8 Å². The van der Waals surface area contributed by atoms with Crippen molar-refractivity contribution in [2.45, 2.75) is 257 Å². The maximum absolute atomic E-state index is 13.2. The Morgan fingerprint density at radius 3 is 1.38 bits per heavy atom. The van der Waals surface area contributed by atoms with Crippen molar-refractivity contribution in [2.75, 3.05) is 6.61 Å². The molecule has 0 aromatic heterocycles. The Labute approximate surface area is 389 Å². The van der Waals surface area contributed by atoms with Crippen molar-refractivity contribution in [3.63, 3.8) is 0 Å². The molecule has 0 aliphatic heterocycles. The fourth-order valence-electron chi connectivity index (χ4n) is 7.50. The smallest absolute Gasteiger partial charge is 0.306 e. The van der Waals surface area contributed by atoms with E-state index in [2.05, 4.69) is 99.0 Å². The highest BCUT2D eigenvalue weighted by atomic mass is 16.5. The van der Waals surface area contributed by atoms with Crippen molar-refractivity contribution in [1.29, 1.82) is 0 Å². The Morgan fingerprint density at radius 2 is 0.921 bits per heavy atom. The molecule has 0 aliphatic rings. The molecule has 3 atom stereocenters. The molecule has 3 unspecified atom stereocenters. The second kappa shape index (κ2) is 50.0. The third kappa shape index (κ3) is 45.4. The third-order valence-corrected chi connectivity index (χ3v) is 11.5. The normalized spacial score (nSPS) is 13.9. The number of hydrogen-bond acceptors (Lipinski definition) is 5. The van der Waals surface area contributed by atoms with Crippen LogP contribution in [0.1, 0.15) is 239 Å². The van der Waals surface area contributed by atoms with Crippen LogP contribution in [0.15, 0.2) is 85.1 Å². The van der Waals surface area contributed by atoms with Crippen LogP contribution in [0.3, 0.4) is 0 Å². The van der Waals surface area contributed by atoms with E-state index in [1.807, 2.05) is 12.2 Å². The summed E-state index contributed by atoms with van der Waals surface area (Å²) in [5, 5.41) is 23.7. The van der Waals surface area contributed by atoms with Gasteiger partial charge in [0.15, 0.2) is 0 Å². The lowest BCUT2D eigenvalue weighted by atomic mass is 10.0. The summed E-state index contributed by atoms with van der Waals surface area (Å²) in [6.07, 6.45) is 65.2. The Kier molecular flexibility index (Phi) is 47.7. The molecule has 0 fully saturated rings. The average Bonchev–Trinajstić information content (AvgIpc) is 3.28. The summed E-state index contributed by atoms with van der Waals surface area (Å²) in [4.78, 5) is 26.1. The number of carbonyl (C=O) groups is 2. The van der Waals surface area contributed by atoms with Crippen molar-refractivity contribution in [2.24, 2.45) is 0 Å². The van der Waals surface area contributed by atoms with Gasteiger partial charge in [0.1, 0.15) is 6.10 Å². The van der Waals surface area contributed by atoms with Crippen LogP contribution >= 0.6 is 0 Å². The van der Waals surface area contributed by atoms with E-state index in [1.165, 1.54) is 103 Å². The van der Waals surface area contributed by atoms with E-state index < -0.39 is 18.2 Å². The second-order valence-corrected chi connectivity index (χ2v) is 17.6. The third-order valence-electron chi connectivity index (χ3n) is 11.5. The molecule has 6 heteroatoms. The molecule has 0 saturated carbocycles. The van der Waals surface area contributed by atoms with Gasteiger partial charge in [-0.1, -0.05) is 234 Å². The van der Waals surface area contributed by atoms with Gasteiger partial charge in [0.25, 0.3) is 0 Å².